The molecule has 1 aliphatic rings. The number of nitrogens with zero attached hydrogens (tertiary/aromatic N) is 1. The number of allylic oxidation sites excluding steroid dienone is 1. The second-order valence-electron chi connectivity index (χ2n) is 4.51. The molecule has 0 radical (unpaired) electrons. The summed E-state index contributed by atoms with van der Waals surface area (Å²) >= 11 is 0. The molecule has 80 valence electrons. The van der Waals surface area contributed by atoms with Crippen LogP contribution in [0.4, 0.5) is 0 Å². The molecule has 1 heterocycles. The highest BCUT2D eigenvalue weighted by molar-refractivity contribution is 5.65. The lowest BCUT2D eigenvalue weighted by Crippen LogP contribution is -2.18. The zero-order valence-electron chi connectivity index (χ0n) is 9.66. The minimum absolute atomic E-state index is 0.595. The predicted octanol–water partition coefficient (Wildman–Crippen LogP) is 3.49. The third-order valence-corrected chi connectivity index (χ3v) is 3.30. The van der Waals surface area contributed by atoms with Crippen molar-refractivity contribution < 1.29 is 0 Å². The highest BCUT2D eigenvalue weighted by Gasteiger charge is 2.24. The average molecular weight is 201 g/mol. The van der Waals surface area contributed by atoms with Crippen LogP contribution in [0, 0.1) is 0 Å². The fourth-order valence-electron chi connectivity index (χ4n) is 2.48. The number of likely N-dealkylation sites (tertiary alicyclic amines) is 1. The van der Waals surface area contributed by atoms with Crippen molar-refractivity contribution in [3.63, 3.8) is 0 Å². The molecule has 0 aliphatic carbocycles. The minimum Gasteiger partial charge on any atom is -0.299 e. The molecule has 1 fully saturated rings. The summed E-state index contributed by atoms with van der Waals surface area (Å²) in [7, 11) is 2.22. The normalized spacial score (nSPS) is 21.9. The lowest BCUT2D eigenvalue weighted by molar-refractivity contribution is 0.317. The average Bonchev–Trinajstić information content (AvgIpc) is 2.64. The van der Waals surface area contributed by atoms with Crippen molar-refractivity contribution in [2.75, 3.05) is 13.6 Å². The van der Waals surface area contributed by atoms with Crippen molar-refractivity contribution in [2.24, 2.45) is 0 Å². The van der Waals surface area contributed by atoms with Gasteiger partial charge in [-0.15, -0.1) is 0 Å². The smallest absolute Gasteiger partial charge is 0.0351 e. The van der Waals surface area contributed by atoms with Crippen molar-refractivity contribution in [3.8, 4) is 0 Å². The van der Waals surface area contributed by atoms with Crippen molar-refractivity contribution >= 4 is 5.57 Å². The first kappa shape index (κ1) is 10.4. The van der Waals surface area contributed by atoms with Crippen LogP contribution in [-0.4, -0.2) is 18.5 Å². The summed E-state index contributed by atoms with van der Waals surface area (Å²) in [6.45, 7) is 7.37. The van der Waals surface area contributed by atoms with Gasteiger partial charge in [-0.3, -0.25) is 4.90 Å². The fraction of sp³-hybridized carbons (Fsp3) is 0.429. The van der Waals surface area contributed by atoms with E-state index in [0.717, 1.165) is 0 Å². The van der Waals surface area contributed by atoms with E-state index in [-0.39, 0.29) is 0 Å². The van der Waals surface area contributed by atoms with Gasteiger partial charge in [0.1, 0.15) is 0 Å². The van der Waals surface area contributed by atoms with Crippen molar-refractivity contribution in [1.29, 1.82) is 0 Å². The monoisotopic (exact) mass is 201 g/mol. The number of hydrogen-bond donors (Lipinski definition) is 0. The maximum Gasteiger partial charge on any atom is 0.0351 e. The Morgan fingerprint density at radius 2 is 2.13 bits per heavy atom. The van der Waals surface area contributed by atoms with Gasteiger partial charge in [0, 0.05) is 6.04 Å². The van der Waals surface area contributed by atoms with E-state index in [1.54, 1.807) is 0 Å². The number of hydrogen-bond acceptors (Lipinski definition) is 1. The first-order chi connectivity index (χ1) is 7.20. The molecule has 2 rings (SSSR count). The second kappa shape index (κ2) is 4.19. The Kier molecular flexibility index (Phi) is 2.92. The molecule has 1 aromatic carbocycles. The molecule has 15 heavy (non-hydrogen) atoms. The largest absolute Gasteiger partial charge is 0.299 e. The van der Waals surface area contributed by atoms with Gasteiger partial charge in [0.15, 0.2) is 0 Å². The van der Waals surface area contributed by atoms with Gasteiger partial charge >= 0.3 is 0 Å². The highest BCUT2D eigenvalue weighted by atomic mass is 15.1. The van der Waals surface area contributed by atoms with Crippen LogP contribution < -0.4 is 0 Å². The van der Waals surface area contributed by atoms with E-state index in [1.807, 2.05) is 0 Å². The molecule has 1 nitrogen and oxygen atoms in total. The van der Waals surface area contributed by atoms with Crippen molar-refractivity contribution in [1.82, 2.24) is 4.90 Å². The second-order valence-corrected chi connectivity index (χ2v) is 4.51. The Morgan fingerprint density at radius 1 is 1.40 bits per heavy atom. The Hall–Kier alpha value is -1.08. The Bertz CT molecular complexity index is 367. The molecular formula is C14H19N. The van der Waals surface area contributed by atoms with Crippen molar-refractivity contribution in [3.05, 3.63) is 42.0 Å². The first-order valence-electron chi connectivity index (χ1n) is 5.65. The van der Waals surface area contributed by atoms with E-state index in [0.29, 0.717) is 6.04 Å². The van der Waals surface area contributed by atoms with Gasteiger partial charge in [-0.2, -0.15) is 0 Å². The lowest BCUT2D eigenvalue weighted by Gasteiger charge is -2.22. The number of benzene rings is 1. The maximum atomic E-state index is 4.06. The molecule has 0 spiro atoms. The van der Waals surface area contributed by atoms with E-state index in [1.165, 1.54) is 36.1 Å². The van der Waals surface area contributed by atoms with Gasteiger partial charge in [0.05, 0.1) is 0 Å². The molecule has 1 heteroatoms. The van der Waals surface area contributed by atoms with Crippen LogP contribution >= 0.6 is 0 Å². The minimum atomic E-state index is 0.595. The zero-order valence-corrected chi connectivity index (χ0v) is 9.66. The van der Waals surface area contributed by atoms with Gasteiger partial charge in [0.2, 0.25) is 0 Å². The molecule has 0 aromatic heterocycles. The van der Waals surface area contributed by atoms with Gasteiger partial charge in [0.25, 0.3) is 0 Å². The summed E-state index contributed by atoms with van der Waals surface area (Å²) in [5, 5.41) is 0. The highest BCUT2D eigenvalue weighted by Crippen LogP contribution is 2.34. The summed E-state index contributed by atoms with van der Waals surface area (Å²) in [5.41, 5.74) is 3.95. The quantitative estimate of drug-likeness (QED) is 0.708. The van der Waals surface area contributed by atoms with Crippen LogP contribution in [0.5, 0.6) is 0 Å². The molecule has 0 bridgehead atoms. The van der Waals surface area contributed by atoms with E-state index in [4.69, 9.17) is 0 Å². The topological polar surface area (TPSA) is 3.24 Å². The summed E-state index contributed by atoms with van der Waals surface area (Å²) in [5.74, 6) is 0. The third kappa shape index (κ3) is 1.98. The van der Waals surface area contributed by atoms with Gasteiger partial charge < -0.3 is 0 Å². The molecule has 0 amide bonds. The Morgan fingerprint density at radius 3 is 2.73 bits per heavy atom. The van der Waals surface area contributed by atoms with E-state index in [9.17, 15) is 0 Å². The fourth-order valence-corrected chi connectivity index (χ4v) is 2.48. The van der Waals surface area contributed by atoms with Crippen LogP contribution in [0.25, 0.3) is 5.57 Å². The first-order valence-corrected chi connectivity index (χ1v) is 5.65. The summed E-state index contributed by atoms with van der Waals surface area (Å²) < 4.78 is 0. The van der Waals surface area contributed by atoms with Gasteiger partial charge in [-0.1, -0.05) is 36.4 Å². The molecule has 0 saturated carbocycles. The maximum absolute atomic E-state index is 4.06. The van der Waals surface area contributed by atoms with Crippen LogP contribution in [0.1, 0.15) is 36.9 Å². The Labute approximate surface area is 92.4 Å². The molecule has 1 atom stereocenters. The van der Waals surface area contributed by atoms with E-state index in [2.05, 4.69) is 49.7 Å². The molecule has 1 saturated heterocycles. The SMILES string of the molecule is C=C(C)c1ccccc1C1CCCN1C. The molecule has 1 unspecified atom stereocenters. The van der Waals surface area contributed by atoms with E-state index >= 15 is 0 Å². The molecular weight excluding hydrogens is 182 g/mol. The number of rotatable bonds is 2. The summed E-state index contributed by atoms with van der Waals surface area (Å²) in [6, 6.07) is 9.26. The van der Waals surface area contributed by atoms with Crippen LogP contribution in [0.15, 0.2) is 30.8 Å². The van der Waals surface area contributed by atoms with Gasteiger partial charge in [-0.05, 0) is 44.5 Å². The lowest BCUT2D eigenvalue weighted by atomic mass is 9.95. The van der Waals surface area contributed by atoms with Crippen LogP contribution in [0.2, 0.25) is 0 Å². The Balaban J connectivity index is 2.38. The van der Waals surface area contributed by atoms with Crippen LogP contribution in [0.3, 0.4) is 0 Å². The van der Waals surface area contributed by atoms with E-state index < -0.39 is 0 Å². The molecule has 1 aliphatic heterocycles. The van der Waals surface area contributed by atoms with Crippen molar-refractivity contribution in [2.45, 2.75) is 25.8 Å². The standard InChI is InChI=1S/C14H19N/c1-11(2)12-7-4-5-8-13(12)14-9-6-10-15(14)3/h4-5,7-8,14H,1,6,9-10H2,2-3H3. The summed E-state index contributed by atoms with van der Waals surface area (Å²) in [4.78, 5) is 2.45. The molecule has 0 N–H and O–H groups in total. The van der Waals surface area contributed by atoms with Gasteiger partial charge in [-0.25, -0.2) is 0 Å². The summed E-state index contributed by atoms with van der Waals surface area (Å²) in [6.07, 6.45) is 2.59. The molecule has 1 aromatic rings. The van der Waals surface area contributed by atoms with Crippen LogP contribution in [-0.2, 0) is 0 Å². The third-order valence-electron chi connectivity index (χ3n) is 3.30. The zero-order chi connectivity index (χ0) is 10.8. The predicted molar refractivity (Wildman–Crippen MR) is 65.8 cm³/mol.